The topological polar surface area (TPSA) is 27.7 Å². The van der Waals surface area contributed by atoms with Gasteiger partial charge in [-0.2, -0.15) is 36.4 Å². The molecule has 4 nitrogen and oxygen atoms in total. The number of rotatable bonds is 15. The Bertz CT molecular complexity index is 647. The van der Waals surface area contributed by atoms with E-state index in [1.165, 1.54) is 0 Å². The minimum absolute atomic E-state index is 0.102. The summed E-state index contributed by atoms with van der Waals surface area (Å²) in [7, 11) is -0.662. The number of unbranched alkanes of at least 4 members (excludes halogenated alkanes) is 1. The van der Waals surface area contributed by atoms with E-state index >= 15 is 0 Å². The SMILES string of the molecule is CCCCOB(Oc1ccccc1)OC(CCC)C(C)[N+](CC)(CC)CC.[c-]1ccccc1. The highest BCUT2D eigenvalue weighted by Gasteiger charge is 2.39. The number of hydrogen-bond acceptors (Lipinski definition) is 3. The Balaban J connectivity index is 0.000000779. The van der Waals surface area contributed by atoms with Crippen molar-refractivity contribution in [3.63, 3.8) is 0 Å². The van der Waals surface area contributed by atoms with Crippen LogP contribution in [0.15, 0.2) is 60.7 Å². The molecule has 0 aromatic heterocycles. The summed E-state index contributed by atoms with van der Waals surface area (Å²) in [5, 5.41) is 0. The fourth-order valence-electron chi connectivity index (χ4n) is 4.11. The second-order valence-corrected chi connectivity index (χ2v) is 8.39. The lowest BCUT2D eigenvalue weighted by Crippen LogP contribution is -2.59. The summed E-state index contributed by atoms with van der Waals surface area (Å²) in [4.78, 5) is 0. The van der Waals surface area contributed by atoms with Crippen LogP contribution in [0.2, 0.25) is 0 Å². The maximum absolute atomic E-state index is 6.45. The van der Waals surface area contributed by atoms with Crippen LogP contribution in [0.5, 0.6) is 5.75 Å². The first-order chi connectivity index (χ1) is 16.1. The predicted molar refractivity (Wildman–Crippen MR) is 140 cm³/mol. The smallest absolute Gasteiger partial charge is 0.512 e. The number of likely N-dealkylation sites (N-methyl/N-ethyl adjacent to an activating group) is 1. The molecule has 5 heteroatoms. The van der Waals surface area contributed by atoms with E-state index in [0.717, 1.165) is 55.6 Å². The number of para-hydroxylation sites is 1. The molecule has 33 heavy (non-hydrogen) atoms. The number of nitrogens with zero attached hydrogens (tertiary/aromatic N) is 1. The molecule has 184 valence electrons. The van der Waals surface area contributed by atoms with Crippen molar-refractivity contribution in [2.24, 2.45) is 0 Å². The van der Waals surface area contributed by atoms with Crippen molar-refractivity contribution in [3.8, 4) is 5.75 Å². The van der Waals surface area contributed by atoms with Gasteiger partial charge in [0.25, 0.3) is 0 Å². The van der Waals surface area contributed by atoms with Gasteiger partial charge in [-0.1, -0.05) is 44.9 Å². The molecule has 2 aromatic carbocycles. The van der Waals surface area contributed by atoms with Crippen LogP contribution in [0.3, 0.4) is 0 Å². The van der Waals surface area contributed by atoms with E-state index in [1.54, 1.807) is 0 Å². The van der Waals surface area contributed by atoms with Crippen LogP contribution in [0, 0.1) is 6.07 Å². The zero-order valence-electron chi connectivity index (χ0n) is 21.8. The summed E-state index contributed by atoms with van der Waals surface area (Å²) in [5.41, 5.74) is 0. The molecule has 2 aromatic rings. The third-order valence-corrected chi connectivity index (χ3v) is 6.48. The monoisotopic (exact) mass is 455 g/mol. The Kier molecular flexibility index (Phi) is 15.6. The van der Waals surface area contributed by atoms with Crippen LogP contribution in [0.1, 0.15) is 67.2 Å². The van der Waals surface area contributed by atoms with Crippen molar-refractivity contribution in [3.05, 3.63) is 66.7 Å². The van der Waals surface area contributed by atoms with Crippen molar-refractivity contribution >= 4 is 7.32 Å². The summed E-state index contributed by atoms with van der Waals surface area (Å²) >= 11 is 0. The summed E-state index contributed by atoms with van der Waals surface area (Å²) in [6.07, 6.45) is 4.29. The van der Waals surface area contributed by atoms with Gasteiger partial charge in [0.1, 0.15) is 11.8 Å². The molecule has 0 aliphatic rings. The fraction of sp³-hybridized carbons (Fsp3) is 0.571. The van der Waals surface area contributed by atoms with Gasteiger partial charge in [0.05, 0.1) is 25.7 Å². The van der Waals surface area contributed by atoms with Crippen molar-refractivity contribution in [1.82, 2.24) is 0 Å². The second-order valence-electron chi connectivity index (χ2n) is 8.39. The molecule has 0 N–H and O–H groups in total. The van der Waals surface area contributed by atoms with Gasteiger partial charge in [0.2, 0.25) is 0 Å². The Hall–Kier alpha value is -1.82. The van der Waals surface area contributed by atoms with Gasteiger partial charge in [0, 0.05) is 6.61 Å². The van der Waals surface area contributed by atoms with Crippen LogP contribution < -0.4 is 4.65 Å². The molecule has 0 bridgehead atoms. The molecule has 2 atom stereocenters. The second kappa shape index (κ2) is 17.6. The average molecular weight is 455 g/mol. The first kappa shape index (κ1) is 29.2. The van der Waals surface area contributed by atoms with Gasteiger partial charge in [0.15, 0.2) is 0 Å². The molecule has 0 spiro atoms. The fourth-order valence-corrected chi connectivity index (χ4v) is 4.11. The van der Waals surface area contributed by atoms with E-state index in [4.69, 9.17) is 14.0 Å². The first-order valence-corrected chi connectivity index (χ1v) is 12.8. The number of hydrogen-bond donors (Lipinski definition) is 0. The standard InChI is InChI=1S/C22H41BNO3.C6H5/c1-7-12-19-25-23(26-21-17-14-13-15-18-21)27-22(16-8-2)20(6)24(9-3,10-4)11-5;1-2-4-6-5-3-1/h13-15,17-18,20,22H,7-12,16,19H2,1-6H3;1-5H/q+1;-1. The van der Waals surface area contributed by atoms with E-state index in [1.807, 2.05) is 60.7 Å². The van der Waals surface area contributed by atoms with E-state index < -0.39 is 7.32 Å². The zero-order chi connectivity index (χ0) is 24.4. The quantitative estimate of drug-likeness (QED) is 0.128. The number of quaternary nitrogens is 1. The van der Waals surface area contributed by atoms with Gasteiger partial charge in [-0.15, -0.1) is 0 Å². The Morgan fingerprint density at radius 1 is 0.848 bits per heavy atom. The van der Waals surface area contributed by atoms with Crippen LogP contribution in [-0.2, 0) is 9.31 Å². The maximum atomic E-state index is 6.45. The summed E-state index contributed by atoms with van der Waals surface area (Å²) in [5.74, 6) is 0.782. The molecule has 0 fully saturated rings. The average Bonchev–Trinajstić information content (AvgIpc) is 2.87. The molecule has 0 radical (unpaired) electrons. The Labute approximate surface area is 204 Å². The third kappa shape index (κ3) is 10.8. The minimum atomic E-state index is -0.662. The van der Waals surface area contributed by atoms with Crippen molar-refractivity contribution in [2.45, 2.75) is 79.4 Å². The van der Waals surface area contributed by atoms with Gasteiger partial charge in [-0.05, 0) is 52.7 Å². The highest BCUT2D eigenvalue weighted by Crippen LogP contribution is 2.23. The lowest BCUT2D eigenvalue weighted by Gasteiger charge is -2.45. The molecular weight excluding hydrogens is 409 g/mol. The van der Waals surface area contributed by atoms with Crippen LogP contribution in [0.4, 0.5) is 0 Å². The van der Waals surface area contributed by atoms with Gasteiger partial charge in [-0.3, -0.25) is 0 Å². The van der Waals surface area contributed by atoms with Gasteiger partial charge < -0.3 is 18.4 Å². The summed E-state index contributed by atoms with van der Waals surface area (Å²) in [6.45, 7) is 17.5. The number of benzene rings is 2. The molecular formula is C28H46BNO3. The molecule has 0 heterocycles. The Morgan fingerprint density at radius 2 is 1.45 bits per heavy atom. The minimum Gasteiger partial charge on any atom is -0.512 e. The van der Waals surface area contributed by atoms with E-state index in [2.05, 4.69) is 47.6 Å². The highest BCUT2D eigenvalue weighted by atomic mass is 16.7. The van der Waals surface area contributed by atoms with Crippen molar-refractivity contribution in [2.75, 3.05) is 26.2 Å². The summed E-state index contributed by atoms with van der Waals surface area (Å²) in [6, 6.07) is 22.7. The lowest BCUT2D eigenvalue weighted by molar-refractivity contribution is -0.947. The van der Waals surface area contributed by atoms with E-state index in [9.17, 15) is 0 Å². The molecule has 0 saturated heterocycles. The lowest BCUT2D eigenvalue weighted by atomic mass is 10.0. The highest BCUT2D eigenvalue weighted by molar-refractivity contribution is 6.37. The molecule has 2 unspecified atom stereocenters. The van der Waals surface area contributed by atoms with Crippen LogP contribution >= 0.6 is 0 Å². The third-order valence-electron chi connectivity index (χ3n) is 6.48. The van der Waals surface area contributed by atoms with Crippen LogP contribution in [0.25, 0.3) is 0 Å². The predicted octanol–water partition coefficient (Wildman–Crippen LogP) is 6.80. The van der Waals surface area contributed by atoms with E-state index in [0.29, 0.717) is 12.6 Å². The summed E-state index contributed by atoms with van der Waals surface area (Å²) < 4.78 is 19.5. The molecule has 0 aliphatic carbocycles. The molecule has 0 aliphatic heterocycles. The first-order valence-electron chi connectivity index (χ1n) is 12.8. The molecule has 0 amide bonds. The Morgan fingerprint density at radius 3 is 1.91 bits per heavy atom. The van der Waals surface area contributed by atoms with Gasteiger partial charge in [-0.25, -0.2) is 0 Å². The van der Waals surface area contributed by atoms with Crippen LogP contribution in [-0.4, -0.2) is 50.2 Å². The molecule has 2 rings (SSSR count). The zero-order valence-corrected chi connectivity index (χ0v) is 21.8. The largest absolute Gasteiger partial charge is 0.713 e. The molecule has 0 saturated carbocycles. The maximum Gasteiger partial charge on any atom is 0.713 e. The van der Waals surface area contributed by atoms with Gasteiger partial charge >= 0.3 is 7.32 Å². The van der Waals surface area contributed by atoms with Crippen molar-refractivity contribution < 1.29 is 18.4 Å². The normalized spacial score (nSPS) is 12.9. The van der Waals surface area contributed by atoms with Crippen molar-refractivity contribution in [1.29, 1.82) is 0 Å². The van der Waals surface area contributed by atoms with E-state index in [-0.39, 0.29) is 6.10 Å².